The number of rotatable bonds is 5. The average molecular weight is 363 g/mol. The van der Waals surface area contributed by atoms with Crippen LogP contribution in [0.15, 0.2) is 48.5 Å². The number of carbonyl (C=O) groups is 2. The molecule has 2 unspecified atom stereocenters. The Hall–Kier alpha value is -2.04. The van der Waals surface area contributed by atoms with Crippen LogP contribution in [0.4, 0.5) is 5.69 Å². The Morgan fingerprint density at radius 3 is 2.50 bits per heavy atom. The van der Waals surface area contributed by atoms with Crippen molar-refractivity contribution in [1.29, 1.82) is 0 Å². The quantitative estimate of drug-likeness (QED) is 0.848. The van der Waals surface area contributed by atoms with Gasteiger partial charge in [0.15, 0.2) is 0 Å². The van der Waals surface area contributed by atoms with E-state index in [4.69, 9.17) is 23.2 Å². The summed E-state index contributed by atoms with van der Waals surface area (Å²) < 4.78 is 0. The summed E-state index contributed by atoms with van der Waals surface area (Å²) in [6, 6.07) is 14.3. The lowest BCUT2D eigenvalue weighted by Gasteiger charge is -2.07. The number of anilines is 1. The van der Waals surface area contributed by atoms with Crippen molar-refractivity contribution >= 4 is 40.7 Å². The molecule has 3 rings (SSSR count). The topological polar surface area (TPSA) is 58.2 Å². The maximum Gasteiger partial charge on any atom is 0.243 e. The van der Waals surface area contributed by atoms with Crippen LogP contribution >= 0.6 is 23.2 Å². The zero-order valence-corrected chi connectivity index (χ0v) is 14.3. The van der Waals surface area contributed by atoms with Crippen molar-refractivity contribution in [2.45, 2.75) is 12.3 Å². The van der Waals surface area contributed by atoms with Gasteiger partial charge in [0.1, 0.15) is 0 Å². The molecule has 1 saturated carbocycles. The molecule has 2 N–H and O–H groups in total. The van der Waals surface area contributed by atoms with Crippen LogP contribution in [-0.2, 0) is 9.59 Å². The van der Waals surface area contributed by atoms with Gasteiger partial charge in [0.2, 0.25) is 11.8 Å². The first-order chi connectivity index (χ1) is 11.5. The fraction of sp³-hybridized carbons (Fsp3) is 0.222. The maximum atomic E-state index is 12.1. The number of hydrogen-bond acceptors (Lipinski definition) is 2. The Balaban J connectivity index is 1.46. The van der Waals surface area contributed by atoms with Gasteiger partial charge in [-0.05, 0) is 54.3 Å². The highest BCUT2D eigenvalue weighted by molar-refractivity contribution is 6.30. The molecule has 0 bridgehead atoms. The molecule has 0 aliphatic heterocycles. The molecule has 6 heteroatoms. The molecular formula is C18H16Cl2N2O2. The van der Waals surface area contributed by atoms with Crippen molar-refractivity contribution in [3.63, 3.8) is 0 Å². The van der Waals surface area contributed by atoms with Crippen molar-refractivity contribution in [3.05, 3.63) is 64.1 Å². The summed E-state index contributed by atoms with van der Waals surface area (Å²) in [6.07, 6.45) is 0.783. The Morgan fingerprint density at radius 2 is 1.79 bits per heavy atom. The molecule has 2 atom stereocenters. The standard InChI is InChI=1S/C18H16Cl2N2O2/c19-12-4-6-14(7-5-12)22-17(23)10-21-18(24)16-9-15(16)11-2-1-3-13(20)8-11/h1-8,15-16H,9-10H2,(H,21,24)(H,22,23). The van der Waals surface area contributed by atoms with Crippen LogP contribution in [0, 0.1) is 5.92 Å². The summed E-state index contributed by atoms with van der Waals surface area (Å²) >= 11 is 11.8. The van der Waals surface area contributed by atoms with Crippen LogP contribution in [0.25, 0.3) is 0 Å². The number of benzene rings is 2. The molecular weight excluding hydrogens is 347 g/mol. The number of nitrogens with one attached hydrogen (secondary N) is 2. The van der Waals surface area contributed by atoms with Crippen molar-refractivity contribution in [3.8, 4) is 0 Å². The third kappa shape index (κ3) is 4.28. The van der Waals surface area contributed by atoms with Crippen molar-refractivity contribution in [1.82, 2.24) is 5.32 Å². The molecule has 0 heterocycles. The van der Waals surface area contributed by atoms with Gasteiger partial charge in [-0.15, -0.1) is 0 Å². The van der Waals surface area contributed by atoms with E-state index >= 15 is 0 Å². The first-order valence-corrected chi connectivity index (χ1v) is 8.37. The largest absolute Gasteiger partial charge is 0.347 e. The van der Waals surface area contributed by atoms with Crippen LogP contribution in [0.3, 0.4) is 0 Å². The van der Waals surface area contributed by atoms with Gasteiger partial charge in [0.25, 0.3) is 0 Å². The molecule has 2 aromatic rings. The normalized spacial score (nSPS) is 18.8. The Kier molecular flexibility index (Phi) is 5.07. The Morgan fingerprint density at radius 1 is 1.04 bits per heavy atom. The van der Waals surface area contributed by atoms with E-state index in [2.05, 4.69) is 10.6 Å². The van der Waals surface area contributed by atoms with E-state index in [1.807, 2.05) is 24.3 Å². The summed E-state index contributed by atoms with van der Waals surface area (Å²) in [5.41, 5.74) is 1.70. The predicted octanol–water partition coefficient (Wildman–Crippen LogP) is 3.85. The van der Waals surface area contributed by atoms with Crippen LogP contribution in [0.5, 0.6) is 0 Å². The van der Waals surface area contributed by atoms with Gasteiger partial charge in [-0.3, -0.25) is 9.59 Å². The maximum absolute atomic E-state index is 12.1. The smallest absolute Gasteiger partial charge is 0.243 e. The molecule has 0 aromatic heterocycles. The second-order valence-electron chi connectivity index (χ2n) is 5.78. The van der Waals surface area contributed by atoms with Crippen LogP contribution in [-0.4, -0.2) is 18.4 Å². The van der Waals surface area contributed by atoms with E-state index < -0.39 is 0 Å². The van der Waals surface area contributed by atoms with Gasteiger partial charge in [-0.2, -0.15) is 0 Å². The molecule has 2 aromatic carbocycles. The van der Waals surface area contributed by atoms with E-state index in [9.17, 15) is 9.59 Å². The molecule has 124 valence electrons. The minimum Gasteiger partial charge on any atom is -0.347 e. The lowest BCUT2D eigenvalue weighted by Crippen LogP contribution is -2.34. The second kappa shape index (κ2) is 7.24. The summed E-state index contributed by atoms with van der Waals surface area (Å²) in [6.45, 7) is -0.0553. The van der Waals surface area contributed by atoms with E-state index in [1.54, 1.807) is 24.3 Å². The second-order valence-corrected chi connectivity index (χ2v) is 6.65. The fourth-order valence-electron chi connectivity index (χ4n) is 2.63. The molecule has 4 nitrogen and oxygen atoms in total. The van der Waals surface area contributed by atoms with E-state index in [0.717, 1.165) is 12.0 Å². The summed E-state index contributed by atoms with van der Waals surface area (Å²) in [4.78, 5) is 24.0. The van der Waals surface area contributed by atoms with Crippen LogP contribution in [0.1, 0.15) is 17.9 Å². The van der Waals surface area contributed by atoms with Gasteiger partial charge >= 0.3 is 0 Å². The van der Waals surface area contributed by atoms with Gasteiger partial charge < -0.3 is 10.6 Å². The average Bonchev–Trinajstić information content (AvgIpc) is 3.36. The SMILES string of the molecule is O=C(CNC(=O)C1CC1c1cccc(Cl)c1)Nc1ccc(Cl)cc1. The molecule has 1 fully saturated rings. The first kappa shape index (κ1) is 16.8. The van der Waals surface area contributed by atoms with Crippen molar-refractivity contribution in [2.75, 3.05) is 11.9 Å². The Labute approximate surface area is 150 Å². The molecule has 1 aliphatic carbocycles. The monoisotopic (exact) mass is 362 g/mol. The van der Waals surface area contributed by atoms with Crippen LogP contribution < -0.4 is 10.6 Å². The summed E-state index contributed by atoms with van der Waals surface area (Å²) in [7, 11) is 0. The zero-order chi connectivity index (χ0) is 17.1. The van der Waals surface area contributed by atoms with E-state index in [-0.39, 0.29) is 30.2 Å². The summed E-state index contributed by atoms with van der Waals surface area (Å²) in [5.74, 6) is -0.285. The number of carbonyl (C=O) groups excluding carboxylic acids is 2. The third-order valence-corrected chi connectivity index (χ3v) is 4.44. The zero-order valence-electron chi connectivity index (χ0n) is 12.8. The van der Waals surface area contributed by atoms with Gasteiger partial charge in [0, 0.05) is 21.7 Å². The molecule has 0 saturated heterocycles. The molecule has 1 aliphatic rings. The number of amides is 2. The van der Waals surface area contributed by atoms with Gasteiger partial charge in [0.05, 0.1) is 6.54 Å². The van der Waals surface area contributed by atoms with Gasteiger partial charge in [-0.1, -0.05) is 35.3 Å². The fourth-order valence-corrected chi connectivity index (χ4v) is 2.95. The molecule has 24 heavy (non-hydrogen) atoms. The molecule has 0 spiro atoms. The lowest BCUT2D eigenvalue weighted by molar-refractivity contribution is -0.125. The highest BCUT2D eigenvalue weighted by Crippen LogP contribution is 2.47. The minimum absolute atomic E-state index is 0.0553. The third-order valence-electron chi connectivity index (χ3n) is 3.96. The van der Waals surface area contributed by atoms with Crippen molar-refractivity contribution < 1.29 is 9.59 Å². The van der Waals surface area contributed by atoms with Gasteiger partial charge in [-0.25, -0.2) is 0 Å². The minimum atomic E-state index is -0.273. The molecule has 2 amide bonds. The Bertz CT molecular complexity index is 762. The van der Waals surface area contributed by atoms with Crippen LogP contribution in [0.2, 0.25) is 10.0 Å². The predicted molar refractivity (Wildman–Crippen MR) is 95.4 cm³/mol. The first-order valence-electron chi connectivity index (χ1n) is 7.61. The highest BCUT2D eigenvalue weighted by atomic mass is 35.5. The lowest BCUT2D eigenvalue weighted by atomic mass is 10.1. The summed E-state index contributed by atoms with van der Waals surface area (Å²) in [5, 5.41) is 6.65. The molecule has 0 radical (unpaired) electrons. The van der Waals surface area contributed by atoms with E-state index in [1.165, 1.54) is 0 Å². The number of hydrogen-bond donors (Lipinski definition) is 2. The number of halogens is 2. The van der Waals surface area contributed by atoms with Crippen molar-refractivity contribution in [2.24, 2.45) is 5.92 Å². The van der Waals surface area contributed by atoms with E-state index in [0.29, 0.717) is 15.7 Å². The highest BCUT2D eigenvalue weighted by Gasteiger charge is 2.43.